The van der Waals surface area contributed by atoms with Gasteiger partial charge >= 0.3 is 0 Å². The number of aryl methyl sites for hydroxylation is 1. The third kappa shape index (κ3) is 1.06. The fraction of sp³-hybridized carbons (Fsp3) is 0.0714. The molecule has 0 atom stereocenters. The van der Waals surface area contributed by atoms with Gasteiger partial charge in [0, 0.05) is 10.9 Å². The summed E-state index contributed by atoms with van der Waals surface area (Å²) in [5.74, 6) is 0.110. The molecule has 0 heterocycles. The van der Waals surface area contributed by atoms with Crippen LogP contribution in [0.25, 0.3) is 16.8 Å². The molecule has 0 bridgehead atoms. The maximum absolute atomic E-state index is 11.7. The van der Waals surface area contributed by atoms with Crippen LogP contribution in [0, 0.1) is 6.92 Å². The van der Waals surface area contributed by atoms with E-state index in [9.17, 15) is 4.79 Å². The number of rotatable bonds is 0. The molecule has 3 rings (SSSR count). The third-order valence-electron chi connectivity index (χ3n) is 2.97. The Morgan fingerprint density at radius 2 is 1.87 bits per heavy atom. The summed E-state index contributed by atoms with van der Waals surface area (Å²) in [7, 11) is 0. The van der Waals surface area contributed by atoms with Crippen LogP contribution in [0.1, 0.15) is 21.5 Å². The van der Waals surface area contributed by atoms with Gasteiger partial charge in [0.25, 0.3) is 0 Å². The second-order valence-corrected chi connectivity index (χ2v) is 3.90. The molecule has 1 aliphatic carbocycles. The molecular formula is C14H10O. The number of hydrogen-bond donors (Lipinski definition) is 0. The van der Waals surface area contributed by atoms with Gasteiger partial charge in [-0.1, -0.05) is 36.4 Å². The van der Waals surface area contributed by atoms with Gasteiger partial charge in [0.15, 0.2) is 5.78 Å². The van der Waals surface area contributed by atoms with E-state index < -0.39 is 0 Å². The maximum Gasteiger partial charge on any atom is 0.186 e. The van der Waals surface area contributed by atoms with Crippen LogP contribution >= 0.6 is 0 Å². The van der Waals surface area contributed by atoms with E-state index in [1.807, 2.05) is 18.2 Å². The van der Waals surface area contributed by atoms with Crippen LogP contribution in [0.5, 0.6) is 0 Å². The molecule has 0 fully saturated rings. The lowest BCUT2D eigenvalue weighted by atomic mass is 9.90. The highest BCUT2D eigenvalue weighted by Crippen LogP contribution is 2.30. The highest BCUT2D eigenvalue weighted by molar-refractivity contribution is 6.20. The van der Waals surface area contributed by atoms with Crippen LogP contribution in [0.15, 0.2) is 36.4 Å². The van der Waals surface area contributed by atoms with Crippen LogP contribution in [0.4, 0.5) is 0 Å². The average Bonchev–Trinajstić information content (AvgIpc) is 2.27. The number of allylic oxidation sites excluding steroid dienone is 1. The van der Waals surface area contributed by atoms with Gasteiger partial charge in [0.2, 0.25) is 0 Å². The SMILES string of the molecule is Cc1ccc2c3c(cccc13)C(=O)C=C2. The molecule has 0 spiro atoms. The zero-order valence-corrected chi connectivity index (χ0v) is 8.45. The molecule has 72 valence electrons. The Hall–Kier alpha value is -1.89. The first-order valence-electron chi connectivity index (χ1n) is 5.02. The molecule has 0 saturated heterocycles. The fourth-order valence-electron chi connectivity index (χ4n) is 2.18. The van der Waals surface area contributed by atoms with Gasteiger partial charge in [0.05, 0.1) is 0 Å². The molecule has 15 heavy (non-hydrogen) atoms. The Morgan fingerprint density at radius 3 is 2.73 bits per heavy atom. The third-order valence-corrected chi connectivity index (χ3v) is 2.97. The van der Waals surface area contributed by atoms with Gasteiger partial charge in [-0.2, -0.15) is 0 Å². The lowest BCUT2D eigenvalue weighted by Crippen LogP contribution is -2.01. The van der Waals surface area contributed by atoms with Crippen molar-refractivity contribution in [2.24, 2.45) is 0 Å². The molecule has 2 aromatic rings. The zero-order chi connectivity index (χ0) is 10.4. The van der Waals surface area contributed by atoms with E-state index in [-0.39, 0.29) is 5.78 Å². The molecule has 0 unspecified atom stereocenters. The normalized spacial score (nSPS) is 13.5. The van der Waals surface area contributed by atoms with Crippen molar-refractivity contribution < 1.29 is 4.79 Å². The van der Waals surface area contributed by atoms with Crippen LogP contribution in [0.3, 0.4) is 0 Å². The van der Waals surface area contributed by atoms with Gasteiger partial charge in [-0.25, -0.2) is 0 Å². The number of carbonyl (C=O) groups excluding carboxylic acids is 1. The van der Waals surface area contributed by atoms with Gasteiger partial charge in [0.1, 0.15) is 0 Å². The van der Waals surface area contributed by atoms with Gasteiger partial charge < -0.3 is 0 Å². The largest absolute Gasteiger partial charge is 0.289 e. The second-order valence-electron chi connectivity index (χ2n) is 3.90. The summed E-state index contributed by atoms with van der Waals surface area (Å²) in [5, 5.41) is 2.28. The number of carbonyl (C=O) groups is 1. The summed E-state index contributed by atoms with van der Waals surface area (Å²) >= 11 is 0. The van der Waals surface area contributed by atoms with Crippen molar-refractivity contribution in [1.82, 2.24) is 0 Å². The molecule has 0 N–H and O–H groups in total. The predicted molar refractivity (Wildman–Crippen MR) is 62.0 cm³/mol. The Balaban J connectivity index is 2.59. The number of hydrogen-bond acceptors (Lipinski definition) is 1. The van der Waals surface area contributed by atoms with Crippen molar-refractivity contribution in [3.63, 3.8) is 0 Å². The van der Waals surface area contributed by atoms with Crippen LogP contribution in [-0.4, -0.2) is 5.78 Å². The minimum Gasteiger partial charge on any atom is -0.289 e. The standard InChI is InChI=1S/C14H10O/c1-9-5-6-10-7-8-13(15)12-4-2-3-11(9)14(10)12/h2-8H,1H3. The van der Waals surface area contributed by atoms with Crippen molar-refractivity contribution in [3.8, 4) is 0 Å². The molecular weight excluding hydrogens is 184 g/mol. The van der Waals surface area contributed by atoms with E-state index in [4.69, 9.17) is 0 Å². The minimum absolute atomic E-state index is 0.110. The first-order chi connectivity index (χ1) is 7.27. The van der Waals surface area contributed by atoms with E-state index in [1.54, 1.807) is 6.08 Å². The molecule has 1 nitrogen and oxygen atoms in total. The van der Waals surface area contributed by atoms with E-state index in [1.165, 1.54) is 10.9 Å². The molecule has 1 heteroatoms. The summed E-state index contributed by atoms with van der Waals surface area (Å²) < 4.78 is 0. The van der Waals surface area contributed by atoms with Crippen molar-refractivity contribution in [2.45, 2.75) is 6.92 Å². The lowest BCUT2D eigenvalue weighted by Gasteiger charge is -2.12. The summed E-state index contributed by atoms with van der Waals surface area (Å²) in [6, 6.07) is 10.1. The van der Waals surface area contributed by atoms with Gasteiger partial charge in [-0.05, 0) is 29.5 Å². The summed E-state index contributed by atoms with van der Waals surface area (Å²) in [6.07, 6.45) is 3.55. The highest BCUT2D eigenvalue weighted by Gasteiger charge is 2.14. The molecule has 0 amide bonds. The average molecular weight is 194 g/mol. The fourth-order valence-corrected chi connectivity index (χ4v) is 2.18. The first kappa shape index (κ1) is 8.42. The van der Waals surface area contributed by atoms with Crippen molar-refractivity contribution >= 4 is 22.6 Å². The Kier molecular flexibility index (Phi) is 1.57. The van der Waals surface area contributed by atoms with Crippen molar-refractivity contribution in [2.75, 3.05) is 0 Å². The highest BCUT2D eigenvalue weighted by atomic mass is 16.1. The molecule has 1 aliphatic rings. The molecule has 0 aromatic heterocycles. The zero-order valence-electron chi connectivity index (χ0n) is 8.45. The molecule has 0 aliphatic heterocycles. The molecule has 0 saturated carbocycles. The molecule has 2 aromatic carbocycles. The van der Waals surface area contributed by atoms with Gasteiger partial charge in [-0.3, -0.25) is 4.79 Å². The summed E-state index contributed by atoms with van der Waals surface area (Å²) in [6.45, 7) is 2.08. The first-order valence-corrected chi connectivity index (χ1v) is 5.02. The number of ketones is 1. The molecule has 0 radical (unpaired) electrons. The van der Waals surface area contributed by atoms with Crippen molar-refractivity contribution in [3.05, 3.63) is 53.1 Å². The predicted octanol–water partition coefficient (Wildman–Crippen LogP) is 3.36. The lowest BCUT2D eigenvalue weighted by molar-refractivity contribution is 0.104. The minimum atomic E-state index is 0.110. The summed E-state index contributed by atoms with van der Waals surface area (Å²) in [5.41, 5.74) is 3.19. The van der Waals surface area contributed by atoms with Crippen LogP contribution in [0.2, 0.25) is 0 Å². The Labute approximate surface area is 88.0 Å². The van der Waals surface area contributed by atoms with E-state index in [2.05, 4.69) is 25.1 Å². The van der Waals surface area contributed by atoms with Crippen molar-refractivity contribution in [1.29, 1.82) is 0 Å². The number of benzene rings is 2. The maximum atomic E-state index is 11.7. The van der Waals surface area contributed by atoms with E-state index in [0.717, 1.165) is 16.5 Å². The Morgan fingerprint density at radius 1 is 1.00 bits per heavy atom. The topological polar surface area (TPSA) is 17.1 Å². The van der Waals surface area contributed by atoms with Gasteiger partial charge in [-0.15, -0.1) is 0 Å². The monoisotopic (exact) mass is 194 g/mol. The van der Waals surface area contributed by atoms with Crippen LogP contribution < -0.4 is 0 Å². The van der Waals surface area contributed by atoms with Crippen LogP contribution in [-0.2, 0) is 0 Å². The summed E-state index contributed by atoms with van der Waals surface area (Å²) in [4.78, 5) is 11.7. The van der Waals surface area contributed by atoms with E-state index in [0.29, 0.717) is 0 Å². The second kappa shape index (κ2) is 2.80. The smallest absolute Gasteiger partial charge is 0.186 e. The quantitative estimate of drug-likeness (QED) is 0.628. The Bertz CT molecular complexity index is 606. The van der Waals surface area contributed by atoms with E-state index >= 15 is 0 Å².